The maximum atomic E-state index is 12.6. The van der Waals surface area contributed by atoms with E-state index in [1.165, 1.54) is 8.61 Å². The van der Waals surface area contributed by atoms with Gasteiger partial charge < -0.3 is 9.73 Å². The summed E-state index contributed by atoms with van der Waals surface area (Å²) < 4.78 is 33.4. The Bertz CT molecular complexity index is 623. The summed E-state index contributed by atoms with van der Waals surface area (Å²) in [5.74, 6) is 0.287. The molecule has 128 valence electrons. The largest absolute Gasteiger partial charge is 0.467 e. The van der Waals surface area contributed by atoms with E-state index in [1.54, 1.807) is 18.4 Å². The first-order valence-electron chi connectivity index (χ1n) is 8.12. The second-order valence-electron chi connectivity index (χ2n) is 6.11. The lowest BCUT2D eigenvalue weighted by Gasteiger charge is -2.33. The van der Waals surface area contributed by atoms with Crippen molar-refractivity contribution in [3.63, 3.8) is 0 Å². The highest BCUT2D eigenvalue weighted by molar-refractivity contribution is 7.86. The SMILES string of the molecule is O=C(NCc1ccco1)C1CCCN(S(=O)(=O)N2CCCC2)C1. The van der Waals surface area contributed by atoms with Gasteiger partial charge in [-0.3, -0.25) is 4.79 Å². The van der Waals surface area contributed by atoms with Crippen LogP contribution < -0.4 is 5.32 Å². The predicted octanol–water partition coefficient (Wildman–Crippen LogP) is 0.948. The highest BCUT2D eigenvalue weighted by Crippen LogP contribution is 2.23. The van der Waals surface area contributed by atoms with Gasteiger partial charge in [0.25, 0.3) is 10.2 Å². The average Bonchev–Trinajstić information content (AvgIpc) is 3.26. The van der Waals surface area contributed by atoms with Crippen molar-refractivity contribution in [1.82, 2.24) is 13.9 Å². The van der Waals surface area contributed by atoms with E-state index in [2.05, 4.69) is 5.32 Å². The van der Waals surface area contributed by atoms with Crippen LogP contribution in [0.4, 0.5) is 0 Å². The quantitative estimate of drug-likeness (QED) is 0.864. The Morgan fingerprint density at radius 1 is 1.22 bits per heavy atom. The third kappa shape index (κ3) is 3.76. The summed E-state index contributed by atoms with van der Waals surface area (Å²) >= 11 is 0. The number of furan rings is 1. The molecule has 0 bridgehead atoms. The van der Waals surface area contributed by atoms with Gasteiger partial charge in [0.1, 0.15) is 5.76 Å². The monoisotopic (exact) mass is 341 g/mol. The first kappa shape index (κ1) is 16.5. The number of amides is 1. The molecule has 0 aliphatic carbocycles. The Hall–Kier alpha value is -1.38. The van der Waals surface area contributed by atoms with Crippen molar-refractivity contribution in [3.8, 4) is 0 Å². The number of rotatable bonds is 5. The lowest BCUT2D eigenvalue weighted by molar-refractivity contribution is -0.126. The number of carbonyl (C=O) groups excluding carboxylic acids is 1. The molecule has 1 unspecified atom stereocenters. The van der Waals surface area contributed by atoms with Gasteiger partial charge in [-0.2, -0.15) is 17.0 Å². The molecule has 1 atom stereocenters. The van der Waals surface area contributed by atoms with Crippen LogP contribution in [0.15, 0.2) is 22.8 Å². The standard InChI is InChI=1S/C15H23N3O4S/c19-15(16-11-14-6-4-10-22-14)13-5-3-9-18(12-13)23(20,21)17-7-1-2-8-17/h4,6,10,13H,1-3,5,7-9,11-12H2,(H,16,19). The number of hydrogen-bond acceptors (Lipinski definition) is 4. The van der Waals surface area contributed by atoms with E-state index in [1.807, 2.05) is 0 Å². The summed E-state index contributed by atoms with van der Waals surface area (Å²) in [6, 6.07) is 3.57. The van der Waals surface area contributed by atoms with Gasteiger partial charge in [0, 0.05) is 26.2 Å². The fraction of sp³-hybridized carbons (Fsp3) is 0.667. The predicted molar refractivity (Wildman–Crippen MR) is 84.6 cm³/mol. The number of piperidine rings is 1. The van der Waals surface area contributed by atoms with Gasteiger partial charge in [0.15, 0.2) is 0 Å². The van der Waals surface area contributed by atoms with Gasteiger partial charge in [0.05, 0.1) is 18.7 Å². The van der Waals surface area contributed by atoms with E-state index in [4.69, 9.17) is 4.42 Å². The van der Waals surface area contributed by atoms with Crippen LogP contribution in [0, 0.1) is 5.92 Å². The van der Waals surface area contributed by atoms with Crippen LogP contribution in [0.25, 0.3) is 0 Å². The van der Waals surface area contributed by atoms with Gasteiger partial charge in [-0.1, -0.05) is 0 Å². The third-order valence-corrected chi connectivity index (χ3v) is 6.49. The van der Waals surface area contributed by atoms with E-state index in [0.29, 0.717) is 38.4 Å². The topological polar surface area (TPSA) is 82.9 Å². The molecule has 23 heavy (non-hydrogen) atoms. The van der Waals surface area contributed by atoms with Gasteiger partial charge >= 0.3 is 0 Å². The Labute approximate surface area is 136 Å². The normalized spacial score (nSPS) is 23.9. The van der Waals surface area contributed by atoms with Crippen molar-refractivity contribution in [2.75, 3.05) is 26.2 Å². The van der Waals surface area contributed by atoms with Crippen molar-refractivity contribution in [2.24, 2.45) is 5.92 Å². The van der Waals surface area contributed by atoms with Gasteiger partial charge in [-0.05, 0) is 37.8 Å². The molecular weight excluding hydrogens is 318 g/mol. The molecule has 0 saturated carbocycles. The molecule has 7 nitrogen and oxygen atoms in total. The number of nitrogens with one attached hydrogen (secondary N) is 1. The Kier molecular flexibility index (Phi) is 5.03. The zero-order valence-corrected chi connectivity index (χ0v) is 13.9. The zero-order valence-electron chi connectivity index (χ0n) is 13.1. The average molecular weight is 341 g/mol. The highest BCUT2D eigenvalue weighted by atomic mass is 32.2. The molecule has 1 aromatic rings. The lowest BCUT2D eigenvalue weighted by atomic mass is 9.99. The highest BCUT2D eigenvalue weighted by Gasteiger charge is 2.36. The van der Waals surface area contributed by atoms with Crippen LogP contribution in [-0.2, 0) is 21.5 Å². The van der Waals surface area contributed by atoms with Crippen molar-refractivity contribution in [1.29, 1.82) is 0 Å². The Balaban J connectivity index is 1.58. The lowest BCUT2D eigenvalue weighted by Crippen LogP contribution is -2.49. The van der Waals surface area contributed by atoms with Crippen LogP contribution in [-0.4, -0.2) is 49.1 Å². The number of carbonyl (C=O) groups is 1. The molecule has 1 aromatic heterocycles. The van der Waals surface area contributed by atoms with Crippen molar-refractivity contribution in [2.45, 2.75) is 32.2 Å². The molecule has 0 radical (unpaired) electrons. The van der Waals surface area contributed by atoms with Crippen LogP contribution in [0.3, 0.4) is 0 Å². The fourth-order valence-electron chi connectivity index (χ4n) is 3.18. The summed E-state index contributed by atoms with van der Waals surface area (Å²) in [7, 11) is -3.42. The molecule has 0 spiro atoms. The molecule has 0 aromatic carbocycles. The molecule has 2 saturated heterocycles. The van der Waals surface area contributed by atoms with E-state index in [-0.39, 0.29) is 18.4 Å². The second kappa shape index (κ2) is 7.02. The molecule has 2 aliphatic heterocycles. The molecule has 2 aliphatic rings. The second-order valence-corrected chi connectivity index (χ2v) is 8.04. The van der Waals surface area contributed by atoms with Gasteiger partial charge in [-0.15, -0.1) is 0 Å². The maximum absolute atomic E-state index is 12.6. The first-order chi connectivity index (χ1) is 11.1. The summed E-state index contributed by atoms with van der Waals surface area (Å²) in [5, 5.41) is 2.83. The minimum absolute atomic E-state index is 0.109. The zero-order chi connectivity index (χ0) is 16.3. The van der Waals surface area contributed by atoms with Crippen LogP contribution >= 0.6 is 0 Å². The third-order valence-electron chi connectivity index (χ3n) is 4.49. The molecule has 1 amide bonds. The van der Waals surface area contributed by atoms with Crippen LogP contribution in [0.5, 0.6) is 0 Å². The first-order valence-corrected chi connectivity index (χ1v) is 9.52. The van der Waals surface area contributed by atoms with E-state index < -0.39 is 10.2 Å². The molecule has 3 heterocycles. The number of nitrogens with zero attached hydrogens (tertiary/aromatic N) is 2. The van der Waals surface area contributed by atoms with Crippen LogP contribution in [0.2, 0.25) is 0 Å². The maximum Gasteiger partial charge on any atom is 0.281 e. The van der Waals surface area contributed by atoms with E-state index in [0.717, 1.165) is 19.3 Å². The van der Waals surface area contributed by atoms with Crippen molar-refractivity contribution in [3.05, 3.63) is 24.2 Å². The minimum atomic E-state index is -3.42. The van der Waals surface area contributed by atoms with E-state index in [9.17, 15) is 13.2 Å². The van der Waals surface area contributed by atoms with E-state index >= 15 is 0 Å². The Morgan fingerprint density at radius 3 is 2.65 bits per heavy atom. The molecule has 8 heteroatoms. The van der Waals surface area contributed by atoms with Gasteiger partial charge in [0.2, 0.25) is 5.91 Å². The molecule has 1 N–H and O–H groups in total. The Morgan fingerprint density at radius 2 is 1.96 bits per heavy atom. The summed E-state index contributed by atoms with van der Waals surface area (Å²) in [5.41, 5.74) is 0. The van der Waals surface area contributed by atoms with Gasteiger partial charge in [-0.25, -0.2) is 0 Å². The fourth-order valence-corrected chi connectivity index (χ4v) is 4.95. The summed E-state index contributed by atoms with van der Waals surface area (Å²) in [6.07, 6.45) is 4.83. The smallest absolute Gasteiger partial charge is 0.281 e. The van der Waals surface area contributed by atoms with Crippen molar-refractivity contribution >= 4 is 16.1 Å². The molecular formula is C15H23N3O4S. The molecule has 3 rings (SSSR count). The summed E-state index contributed by atoms with van der Waals surface area (Å²) in [6.45, 7) is 2.28. The number of hydrogen-bond donors (Lipinski definition) is 1. The molecule has 2 fully saturated rings. The minimum Gasteiger partial charge on any atom is -0.467 e. The van der Waals surface area contributed by atoms with Crippen LogP contribution in [0.1, 0.15) is 31.4 Å². The summed E-state index contributed by atoms with van der Waals surface area (Å²) in [4.78, 5) is 12.3. The van der Waals surface area contributed by atoms with Crippen molar-refractivity contribution < 1.29 is 17.6 Å².